The molecule has 0 radical (unpaired) electrons. The van der Waals surface area contributed by atoms with Crippen LogP contribution in [-0.4, -0.2) is 27.9 Å². The van der Waals surface area contributed by atoms with Crippen LogP contribution in [0.4, 0.5) is 0 Å². The van der Waals surface area contributed by atoms with Gasteiger partial charge in [0.25, 0.3) is 5.56 Å². The summed E-state index contributed by atoms with van der Waals surface area (Å²) in [7, 11) is 0. The van der Waals surface area contributed by atoms with Gasteiger partial charge in [0.2, 0.25) is 0 Å². The van der Waals surface area contributed by atoms with Gasteiger partial charge in [-0.1, -0.05) is 11.8 Å². The largest absolute Gasteiger partial charge is 0.467 e. The average Bonchev–Trinajstić information content (AvgIpc) is 3.24. The van der Waals surface area contributed by atoms with Crippen molar-refractivity contribution in [1.29, 1.82) is 5.26 Å². The van der Waals surface area contributed by atoms with E-state index < -0.39 is 5.97 Å². The van der Waals surface area contributed by atoms with Gasteiger partial charge in [-0.2, -0.15) is 5.26 Å². The van der Waals surface area contributed by atoms with Crippen molar-refractivity contribution in [3.05, 3.63) is 45.0 Å². The Morgan fingerprint density at radius 2 is 2.35 bits per heavy atom. The Bertz CT molecular complexity index is 1040. The maximum atomic E-state index is 13.1. The molecule has 0 saturated heterocycles. The minimum atomic E-state index is -0.462. The highest BCUT2D eigenvalue weighted by molar-refractivity contribution is 7.99. The van der Waals surface area contributed by atoms with Crippen LogP contribution in [0.25, 0.3) is 10.2 Å². The van der Waals surface area contributed by atoms with Gasteiger partial charge in [0.05, 0.1) is 36.6 Å². The van der Waals surface area contributed by atoms with Crippen molar-refractivity contribution in [1.82, 2.24) is 9.55 Å². The first-order valence-electron chi connectivity index (χ1n) is 7.80. The highest BCUT2D eigenvalue weighted by atomic mass is 32.2. The third kappa shape index (κ3) is 3.38. The molecule has 0 bridgehead atoms. The van der Waals surface area contributed by atoms with Gasteiger partial charge in [0.1, 0.15) is 15.5 Å². The fourth-order valence-corrected chi connectivity index (χ4v) is 4.27. The van der Waals surface area contributed by atoms with Crippen molar-refractivity contribution in [2.24, 2.45) is 0 Å². The normalized spacial score (nSPS) is 10.8. The zero-order chi connectivity index (χ0) is 18.7. The van der Waals surface area contributed by atoms with E-state index in [0.29, 0.717) is 31.6 Å². The minimum absolute atomic E-state index is 0.158. The number of furan rings is 1. The van der Waals surface area contributed by atoms with Crippen molar-refractivity contribution in [3.63, 3.8) is 0 Å². The van der Waals surface area contributed by atoms with Gasteiger partial charge < -0.3 is 9.15 Å². The van der Waals surface area contributed by atoms with Crippen molar-refractivity contribution in [2.75, 3.05) is 12.4 Å². The molecule has 0 amide bonds. The van der Waals surface area contributed by atoms with Gasteiger partial charge in [-0.3, -0.25) is 9.36 Å². The van der Waals surface area contributed by atoms with Crippen molar-refractivity contribution in [2.45, 2.75) is 25.5 Å². The molecule has 0 saturated carbocycles. The molecular formula is C17H15N3O4S2. The Morgan fingerprint density at radius 3 is 3.00 bits per heavy atom. The first-order chi connectivity index (χ1) is 12.6. The third-order valence-electron chi connectivity index (χ3n) is 3.64. The summed E-state index contributed by atoms with van der Waals surface area (Å²) in [5.74, 6) is 0.298. The van der Waals surface area contributed by atoms with Gasteiger partial charge in [-0.05, 0) is 31.5 Å². The summed E-state index contributed by atoms with van der Waals surface area (Å²) >= 11 is 2.30. The van der Waals surface area contributed by atoms with Crippen LogP contribution in [0.3, 0.4) is 0 Å². The number of nitrogens with zero attached hydrogens (tertiary/aromatic N) is 3. The van der Waals surface area contributed by atoms with Crippen LogP contribution in [0.1, 0.15) is 27.9 Å². The van der Waals surface area contributed by atoms with Gasteiger partial charge in [-0.25, -0.2) is 9.78 Å². The fraction of sp³-hybridized carbons (Fsp3) is 0.294. The van der Waals surface area contributed by atoms with Gasteiger partial charge in [0, 0.05) is 0 Å². The van der Waals surface area contributed by atoms with E-state index in [1.165, 1.54) is 22.6 Å². The molecule has 7 nitrogen and oxygen atoms in total. The second-order valence-electron chi connectivity index (χ2n) is 5.27. The van der Waals surface area contributed by atoms with Gasteiger partial charge in [0.15, 0.2) is 5.16 Å². The molecule has 0 aliphatic rings. The van der Waals surface area contributed by atoms with E-state index in [4.69, 9.17) is 14.4 Å². The third-order valence-corrected chi connectivity index (χ3v) is 5.65. The van der Waals surface area contributed by atoms with E-state index in [2.05, 4.69) is 4.98 Å². The number of hydrogen-bond donors (Lipinski definition) is 0. The molecule has 0 fully saturated rings. The van der Waals surface area contributed by atoms with Crippen molar-refractivity contribution in [3.8, 4) is 6.07 Å². The molecule has 0 aromatic carbocycles. The monoisotopic (exact) mass is 389 g/mol. The van der Waals surface area contributed by atoms with Gasteiger partial charge in [-0.15, -0.1) is 11.3 Å². The van der Waals surface area contributed by atoms with E-state index in [-0.39, 0.29) is 24.5 Å². The van der Waals surface area contributed by atoms with Crippen LogP contribution in [0.5, 0.6) is 0 Å². The topological polar surface area (TPSA) is 98.1 Å². The smallest absolute Gasteiger partial charge is 0.348 e. The zero-order valence-corrected chi connectivity index (χ0v) is 15.8. The van der Waals surface area contributed by atoms with Crippen molar-refractivity contribution < 1.29 is 13.9 Å². The second kappa shape index (κ2) is 7.76. The first-order valence-corrected chi connectivity index (χ1v) is 9.60. The highest BCUT2D eigenvalue weighted by Crippen LogP contribution is 2.30. The summed E-state index contributed by atoms with van der Waals surface area (Å²) in [6.45, 7) is 3.90. The van der Waals surface area contributed by atoms with Crippen LogP contribution in [0.15, 0.2) is 32.8 Å². The number of rotatable bonds is 6. The molecule has 3 aromatic rings. The lowest BCUT2D eigenvalue weighted by molar-refractivity contribution is 0.0531. The summed E-state index contributed by atoms with van der Waals surface area (Å²) in [6.07, 6.45) is 1.53. The summed E-state index contributed by atoms with van der Waals surface area (Å²) in [6, 6.07) is 5.54. The number of carbonyl (C=O) groups is 1. The molecule has 0 spiro atoms. The van der Waals surface area contributed by atoms with Crippen LogP contribution < -0.4 is 5.56 Å². The molecule has 0 aliphatic heterocycles. The Hall–Kier alpha value is -2.57. The lowest BCUT2D eigenvalue weighted by Crippen LogP contribution is -2.23. The lowest BCUT2D eigenvalue weighted by Gasteiger charge is -2.09. The maximum absolute atomic E-state index is 13.1. The van der Waals surface area contributed by atoms with Crippen LogP contribution >= 0.6 is 23.1 Å². The zero-order valence-electron chi connectivity index (χ0n) is 14.1. The number of carbonyl (C=O) groups excluding carboxylic acids is 1. The average molecular weight is 389 g/mol. The predicted molar refractivity (Wildman–Crippen MR) is 98.7 cm³/mol. The number of esters is 1. The second-order valence-corrected chi connectivity index (χ2v) is 7.21. The van der Waals surface area contributed by atoms with E-state index in [1.54, 1.807) is 26.0 Å². The number of nitriles is 1. The number of hydrogen-bond acceptors (Lipinski definition) is 8. The van der Waals surface area contributed by atoms with E-state index in [9.17, 15) is 9.59 Å². The summed E-state index contributed by atoms with van der Waals surface area (Å²) in [4.78, 5) is 30.6. The number of aromatic nitrogens is 2. The Morgan fingerprint density at radius 1 is 1.54 bits per heavy atom. The summed E-state index contributed by atoms with van der Waals surface area (Å²) < 4.78 is 11.9. The molecule has 9 heteroatoms. The number of thioether (sulfide) groups is 1. The molecule has 134 valence electrons. The number of fused-ring (bicyclic) bond motifs is 1. The minimum Gasteiger partial charge on any atom is -0.467 e. The summed E-state index contributed by atoms with van der Waals surface area (Å²) in [5, 5.41) is 9.68. The van der Waals surface area contributed by atoms with E-state index in [0.717, 1.165) is 11.3 Å². The number of thiophene rings is 1. The standard InChI is InChI=1S/C17H15N3O4S2/c1-3-23-16(22)13-10(2)12-14(26-13)19-17(25-8-6-18)20(15(12)21)9-11-5-4-7-24-11/h4-5,7H,3,8-9H2,1-2H3. The quantitative estimate of drug-likeness (QED) is 0.363. The predicted octanol–water partition coefficient (Wildman–Crippen LogP) is 3.20. The van der Waals surface area contributed by atoms with Gasteiger partial charge >= 0.3 is 5.97 Å². The molecule has 0 N–H and O–H groups in total. The molecule has 0 aliphatic carbocycles. The van der Waals surface area contributed by atoms with Crippen LogP contribution in [0, 0.1) is 18.3 Å². The first kappa shape index (κ1) is 18.2. The van der Waals surface area contributed by atoms with Crippen molar-refractivity contribution >= 4 is 39.3 Å². The SMILES string of the molecule is CCOC(=O)c1sc2nc(SCC#N)n(Cc3ccco3)c(=O)c2c1C. The molecule has 26 heavy (non-hydrogen) atoms. The molecule has 0 atom stereocenters. The maximum Gasteiger partial charge on any atom is 0.348 e. The fourth-order valence-electron chi connectivity index (χ4n) is 2.49. The van der Waals surface area contributed by atoms with E-state index in [1.807, 2.05) is 6.07 Å². The Labute approximate surface area is 157 Å². The molecule has 3 aromatic heterocycles. The Kier molecular flexibility index (Phi) is 5.44. The number of ether oxygens (including phenoxy) is 1. The molecule has 0 unspecified atom stereocenters. The van der Waals surface area contributed by atoms with Crippen LogP contribution in [0.2, 0.25) is 0 Å². The highest BCUT2D eigenvalue weighted by Gasteiger charge is 2.22. The number of aryl methyl sites for hydroxylation is 1. The molecular weight excluding hydrogens is 374 g/mol. The lowest BCUT2D eigenvalue weighted by atomic mass is 10.2. The molecule has 3 rings (SSSR count). The Balaban J connectivity index is 2.18. The van der Waals surface area contributed by atoms with E-state index >= 15 is 0 Å². The summed E-state index contributed by atoms with van der Waals surface area (Å²) in [5.41, 5.74) is 0.294. The molecule has 3 heterocycles. The van der Waals surface area contributed by atoms with Crippen LogP contribution in [-0.2, 0) is 11.3 Å².